The van der Waals surface area contributed by atoms with Crippen LogP contribution in [0.5, 0.6) is 0 Å². The van der Waals surface area contributed by atoms with Crippen LogP contribution >= 0.6 is 0 Å². The van der Waals surface area contributed by atoms with E-state index in [1.807, 2.05) is 30.9 Å². The smallest absolute Gasteiger partial charge is 0.227 e. The maximum atomic E-state index is 12.4. The number of hydrogen-bond donors (Lipinski definition) is 0. The van der Waals surface area contributed by atoms with Gasteiger partial charge in [-0.15, -0.1) is 0 Å². The Bertz CT molecular complexity index is 729. The Morgan fingerprint density at radius 2 is 1.85 bits per heavy atom. The molecule has 1 saturated heterocycles. The molecule has 0 saturated carbocycles. The molecule has 6 nitrogen and oxygen atoms in total. The van der Waals surface area contributed by atoms with Crippen LogP contribution in [0.2, 0.25) is 0 Å². The van der Waals surface area contributed by atoms with Gasteiger partial charge < -0.3 is 14.2 Å². The predicted molar refractivity (Wildman–Crippen MR) is 98.7 cm³/mol. The van der Waals surface area contributed by atoms with E-state index in [9.17, 15) is 4.79 Å². The van der Waals surface area contributed by atoms with E-state index in [0.717, 1.165) is 5.56 Å². The van der Waals surface area contributed by atoms with Crippen LogP contribution in [-0.4, -0.2) is 46.2 Å². The minimum absolute atomic E-state index is 0.0755. The standard InChI is InChI=1S/C20H27N3O3/c1-13(2)16-5-7-17(8-6-16)20-21-18(26-22-20)9-10-19(24)23-11-14(3)25-15(4)12-23/h5-8,13-15H,9-12H2,1-4H3. The van der Waals surface area contributed by atoms with Gasteiger partial charge in [0.2, 0.25) is 17.6 Å². The van der Waals surface area contributed by atoms with Crippen LogP contribution in [-0.2, 0) is 16.0 Å². The van der Waals surface area contributed by atoms with E-state index in [0.29, 0.717) is 43.6 Å². The Morgan fingerprint density at radius 3 is 2.46 bits per heavy atom. The van der Waals surface area contributed by atoms with Crippen LogP contribution in [0.15, 0.2) is 28.8 Å². The van der Waals surface area contributed by atoms with Crippen LogP contribution in [0.25, 0.3) is 11.4 Å². The van der Waals surface area contributed by atoms with Crippen molar-refractivity contribution in [3.05, 3.63) is 35.7 Å². The maximum Gasteiger partial charge on any atom is 0.227 e. The zero-order chi connectivity index (χ0) is 18.7. The lowest BCUT2D eigenvalue weighted by atomic mass is 10.0. The van der Waals surface area contributed by atoms with Gasteiger partial charge in [-0.25, -0.2) is 0 Å². The zero-order valence-corrected chi connectivity index (χ0v) is 15.9. The molecular formula is C20H27N3O3. The third-order valence-electron chi connectivity index (χ3n) is 4.63. The van der Waals surface area contributed by atoms with E-state index < -0.39 is 0 Å². The highest BCUT2D eigenvalue weighted by Gasteiger charge is 2.25. The Labute approximate surface area is 154 Å². The number of carbonyl (C=O) groups excluding carboxylic acids is 1. The van der Waals surface area contributed by atoms with Crippen LogP contribution < -0.4 is 0 Å². The zero-order valence-electron chi connectivity index (χ0n) is 15.9. The first-order valence-corrected chi connectivity index (χ1v) is 9.28. The fraction of sp³-hybridized carbons (Fsp3) is 0.550. The SMILES string of the molecule is CC1CN(C(=O)CCc2nc(-c3ccc(C(C)C)cc3)no2)CC(C)O1. The Kier molecular flexibility index (Phi) is 5.71. The highest BCUT2D eigenvalue weighted by molar-refractivity contribution is 5.76. The molecule has 140 valence electrons. The van der Waals surface area contributed by atoms with Gasteiger partial charge >= 0.3 is 0 Å². The summed E-state index contributed by atoms with van der Waals surface area (Å²) in [4.78, 5) is 18.7. The molecule has 26 heavy (non-hydrogen) atoms. The second-order valence-corrected chi connectivity index (χ2v) is 7.34. The quantitative estimate of drug-likeness (QED) is 0.820. The Hall–Kier alpha value is -2.21. The molecule has 2 atom stereocenters. The molecule has 2 unspecified atom stereocenters. The van der Waals surface area contributed by atoms with Gasteiger partial charge in [0, 0.05) is 31.5 Å². The largest absolute Gasteiger partial charge is 0.372 e. The lowest BCUT2D eigenvalue weighted by Gasteiger charge is -2.35. The minimum atomic E-state index is 0.0755. The summed E-state index contributed by atoms with van der Waals surface area (Å²) in [6.07, 6.45) is 0.974. The summed E-state index contributed by atoms with van der Waals surface area (Å²) in [6, 6.07) is 8.18. The molecule has 6 heteroatoms. The average Bonchev–Trinajstić information content (AvgIpc) is 3.08. The summed E-state index contributed by atoms with van der Waals surface area (Å²) in [7, 11) is 0. The van der Waals surface area contributed by atoms with Crippen LogP contribution in [0.3, 0.4) is 0 Å². The number of hydrogen-bond acceptors (Lipinski definition) is 5. The van der Waals surface area contributed by atoms with Gasteiger partial charge in [0.1, 0.15) is 0 Å². The third kappa shape index (κ3) is 4.49. The Balaban J connectivity index is 1.57. The molecule has 2 heterocycles. The number of ether oxygens (including phenoxy) is 1. The van der Waals surface area contributed by atoms with Gasteiger partial charge in [0.25, 0.3) is 0 Å². The third-order valence-corrected chi connectivity index (χ3v) is 4.63. The van der Waals surface area contributed by atoms with Gasteiger partial charge in [0.05, 0.1) is 12.2 Å². The van der Waals surface area contributed by atoms with E-state index in [2.05, 4.69) is 36.1 Å². The maximum absolute atomic E-state index is 12.4. The molecule has 1 aliphatic heterocycles. The van der Waals surface area contributed by atoms with E-state index in [1.165, 1.54) is 5.56 Å². The molecule has 1 aromatic heterocycles. The first-order chi connectivity index (χ1) is 12.4. The molecule has 0 radical (unpaired) electrons. The highest BCUT2D eigenvalue weighted by Crippen LogP contribution is 2.21. The molecule has 0 spiro atoms. The summed E-state index contributed by atoms with van der Waals surface area (Å²) in [5, 5.41) is 4.04. The van der Waals surface area contributed by atoms with Crippen molar-refractivity contribution in [2.24, 2.45) is 0 Å². The van der Waals surface area contributed by atoms with Crippen molar-refractivity contribution in [2.45, 2.75) is 58.7 Å². The van der Waals surface area contributed by atoms with E-state index in [1.54, 1.807) is 0 Å². The molecule has 2 aromatic rings. The number of nitrogens with zero attached hydrogens (tertiary/aromatic N) is 3. The summed E-state index contributed by atoms with van der Waals surface area (Å²) in [5.74, 6) is 1.65. The summed E-state index contributed by atoms with van der Waals surface area (Å²) in [5.41, 5.74) is 2.20. The van der Waals surface area contributed by atoms with Crippen molar-refractivity contribution in [3.8, 4) is 11.4 Å². The number of benzene rings is 1. The van der Waals surface area contributed by atoms with Crippen molar-refractivity contribution < 1.29 is 14.1 Å². The average molecular weight is 357 g/mol. The number of carbonyl (C=O) groups is 1. The molecule has 0 bridgehead atoms. The molecule has 1 aromatic carbocycles. The molecule has 1 aliphatic rings. The van der Waals surface area contributed by atoms with Crippen LogP contribution in [0, 0.1) is 0 Å². The van der Waals surface area contributed by atoms with Crippen LogP contribution in [0.4, 0.5) is 0 Å². The molecule has 1 amide bonds. The van der Waals surface area contributed by atoms with Crippen molar-refractivity contribution in [1.29, 1.82) is 0 Å². The summed E-state index contributed by atoms with van der Waals surface area (Å²) < 4.78 is 11.0. The molecule has 3 rings (SSSR count). The molecule has 0 aliphatic carbocycles. The highest BCUT2D eigenvalue weighted by atomic mass is 16.5. The second-order valence-electron chi connectivity index (χ2n) is 7.34. The van der Waals surface area contributed by atoms with E-state index in [4.69, 9.17) is 9.26 Å². The normalized spacial score (nSPS) is 20.6. The van der Waals surface area contributed by atoms with Gasteiger partial charge in [-0.2, -0.15) is 4.98 Å². The topological polar surface area (TPSA) is 68.5 Å². The summed E-state index contributed by atoms with van der Waals surface area (Å²) >= 11 is 0. The first kappa shape index (κ1) is 18.6. The number of amides is 1. The minimum Gasteiger partial charge on any atom is -0.372 e. The summed E-state index contributed by atoms with van der Waals surface area (Å²) in [6.45, 7) is 9.58. The number of rotatable bonds is 5. The molecule has 0 N–H and O–H groups in total. The van der Waals surface area contributed by atoms with E-state index in [-0.39, 0.29) is 18.1 Å². The van der Waals surface area contributed by atoms with Gasteiger partial charge in [0.15, 0.2) is 0 Å². The van der Waals surface area contributed by atoms with Gasteiger partial charge in [-0.1, -0.05) is 43.3 Å². The first-order valence-electron chi connectivity index (χ1n) is 9.28. The van der Waals surface area contributed by atoms with Crippen molar-refractivity contribution in [1.82, 2.24) is 15.0 Å². The molecule has 1 fully saturated rings. The van der Waals surface area contributed by atoms with E-state index >= 15 is 0 Å². The fourth-order valence-corrected chi connectivity index (χ4v) is 3.24. The number of aryl methyl sites for hydroxylation is 1. The molecular weight excluding hydrogens is 330 g/mol. The lowest BCUT2D eigenvalue weighted by Crippen LogP contribution is -2.48. The van der Waals surface area contributed by atoms with Crippen molar-refractivity contribution >= 4 is 5.91 Å². The number of morpholine rings is 1. The monoisotopic (exact) mass is 357 g/mol. The Morgan fingerprint density at radius 1 is 1.19 bits per heavy atom. The lowest BCUT2D eigenvalue weighted by molar-refractivity contribution is -0.143. The van der Waals surface area contributed by atoms with Crippen LogP contribution in [0.1, 0.15) is 51.5 Å². The van der Waals surface area contributed by atoms with Gasteiger partial charge in [-0.05, 0) is 25.3 Å². The van der Waals surface area contributed by atoms with Crippen molar-refractivity contribution in [3.63, 3.8) is 0 Å². The van der Waals surface area contributed by atoms with Gasteiger partial charge in [-0.3, -0.25) is 4.79 Å². The number of aromatic nitrogens is 2. The predicted octanol–water partition coefficient (Wildman–Crippen LogP) is 3.43. The second kappa shape index (κ2) is 7.99. The fourth-order valence-electron chi connectivity index (χ4n) is 3.24. The van der Waals surface area contributed by atoms with Crippen molar-refractivity contribution in [2.75, 3.05) is 13.1 Å².